The first-order valence-electron chi connectivity index (χ1n) is 13.6. The van der Waals surface area contributed by atoms with Crippen LogP contribution in [-0.2, 0) is 0 Å². The second-order valence-corrected chi connectivity index (χ2v) is 11.1. The second kappa shape index (κ2) is 6.62. The van der Waals surface area contributed by atoms with Crippen molar-refractivity contribution in [2.45, 2.75) is 31.6 Å². The van der Waals surface area contributed by atoms with E-state index in [0.717, 1.165) is 33.6 Å². The van der Waals surface area contributed by atoms with Gasteiger partial charge in [0, 0.05) is 0 Å². The van der Waals surface area contributed by atoms with Crippen LogP contribution in [0.1, 0.15) is 37.2 Å². The maximum atomic E-state index is 5.23. The summed E-state index contributed by atoms with van der Waals surface area (Å²) in [7, 11) is 0. The molecule has 10 rings (SSSR count). The van der Waals surface area contributed by atoms with Gasteiger partial charge < -0.3 is 0 Å². The number of nitrogens with zero attached hydrogens (tertiary/aromatic N) is 5. The molecule has 5 aromatic carbocycles. The highest BCUT2D eigenvalue weighted by Crippen LogP contribution is 2.41. The van der Waals surface area contributed by atoms with Crippen LogP contribution >= 0.6 is 0 Å². The smallest absolute Gasteiger partial charge is 0.223 e. The first-order chi connectivity index (χ1) is 18.8. The molecule has 9 aromatic rings. The van der Waals surface area contributed by atoms with Crippen LogP contribution in [0, 0.1) is 0 Å². The van der Waals surface area contributed by atoms with E-state index in [-0.39, 0.29) is 0 Å². The summed E-state index contributed by atoms with van der Waals surface area (Å²) in [6.45, 7) is 0. The summed E-state index contributed by atoms with van der Waals surface area (Å²) >= 11 is 0. The number of benzene rings is 5. The fourth-order valence-corrected chi connectivity index (χ4v) is 7.26. The Balaban J connectivity index is 1.45. The number of fused-ring (bicyclic) bond motifs is 12. The lowest BCUT2D eigenvalue weighted by Gasteiger charge is -2.10. The van der Waals surface area contributed by atoms with Crippen LogP contribution in [0.3, 0.4) is 0 Å². The third-order valence-electron chi connectivity index (χ3n) is 9.03. The summed E-state index contributed by atoms with van der Waals surface area (Å²) in [4.78, 5) is 10.5. The first kappa shape index (κ1) is 19.5. The molecular weight excluding hydrogens is 466 g/mol. The largest absolute Gasteiger partial charge is 0.276 e. The van der Waals surface area contributed by atoms with E-state index in [4.69, 9.17) is 9.97 Å². The minimum Gasteiger partial charge on any atom is -0.276 e. The molecule has 0 bridgehead atoms. The third-order valence-corrected chi connectivity index (χ3v) is 9.03. The van der Waals surface area contributed by atoms with Crippen molar-refractivity contribution in [1.29, 1.82) is 0 Å². The normalized spacial score (nSPS) is 15.4. The van der Waals surface area contributed by atoms with Crippen LogP contribution in [0.4, 0.5) is 0 Å². The molecule has 4 aromatic heterocycles. The molecule has 5 nitrogen and oxygen atoms in total. The molecule has 1 aliphatic carbocycles. The Morgan fingerprint density at radius 2 is 1.00 bits per heavy atom. The summed E-state index contributed by atoms with van der Waals surface area (Å²) in [6.07, 6.45) is 5.18. The minimum atomic E-state index is 0.615. The molecule has 0 radical (unpaired) electrons. The average molecular weight is 490 g/mol. The quantitative estimate of drug-likeness (QED) is 0.234. The van der Waals surface area contributed by atoms with E-state index in [0.29, 0.717) is 5.92 Å². The summed E-state index contributed by atoms with van der Waals surface area (Å²) < 4.78 is 7.04. The van der Waals surface area contributed by atoms with Gasteiger partial charge in [-0.05, 0) is 82.3 Å². The minimum absolute atomic E-state index is 0.615. The fraction of sp³-hybridized carbons (Fsp3) is 0.152. The van der Waals surface area contributed by atoms with Crippen molar-refractivity contribution in [2.24, 2.45) is 0 Å². The molecule has 0 unspecified atom stereocenters. The van der Waals surface area contributed by atoms with Gasteiger partial charge in [0.15, 0.2) is 0 Å². The maximum absolute atomic E-state index is 5.23. The van der Waals surface area contributed by atoms with Gasteiger partial charge in [-0.1, -0.05) is 61.4 Å². The summed E-state index contributed by atoms with van der Waals surface area (Å²) in [5, 5.41) is 4.92. The number of hydrogen-bond acceptors (Lipinski definition) is 2. The molecule has 0 amide bonds. The standard InChI is InChI=1S/C33H23N5/c1-2-8-19(7-1)24-17-29-31-30(18-24)37-28-16-23-12-6-4-10-21(23)14-26(28)35-33(37)38(31)32-34-25-13-20-9-3-5-11-22(20)15-27(25)36(29)32/h3-6,9-19H,1-2,7-8H2. The van der Waals surface area contributed by atoms with E-state index in [9.17, 15) is 0 Å². The molecule has 38 heavy (non-hydrogen) atoms. The predicted octanol–water partition coefficient (Wildman–Crippen LogP) is 8.10. The fourth-order valence-electron chi connectivity index (χ4n) is 7.26. The molecule has 0 atom stereocenters. The summed E-state index contributed by atoms with van der Waals surface area (Å²) in [5.74, 6) is 2.49. The van der Waals surface area contributed by atoms with Crippen LogP contribution in [-0.4, -0.2) is 23.2 Å². The summed E-state index contributed by atoms with van der Waals surface area (Å²) in [5.41, 5.74) is 9.49. The Bertz CT molecular complexity index is 2250. The van der Waals surface area contributed by atoms with Gasteiger partial charge in [-0.2, -0.15) is 0 Å². The maximum Gasteiger partial charge on any atom is 0.223 e. The van der Waals surface area contributed by atoms with E-state index in [2.05, 4.69) is 98.1 Å². The Labute approximate surface area is 216 Å². The number of aromatic nitrogens is 5. The van der Waals surface area contributed by atoms with Gasteiger partial charge in [0.2, 0.25) is 11.6 Å². The topological polar surface area (TPSA) is 39.0 Å². The lowest BCUT2D eigenvalue weighted by Crippen LogP contribution is -1.94. The van der Waals surface area contributed by atoms with E-state index in [1.54, 1.807) is 0 Å². The van der Waals surface area contributed by atoms with Crippen molar-refractivity contribution in [3.8, 4) is 0 Å². The Hall–Kier alpha value is -4.64. The van der Waals surface area contributed by atoms with Crippen molar-refractivity contribution >= 4 is 71.7 Å². The lowest BCUT2D eigenvalue weighted by atomic mass is 9.97. The average Bonchev–Trinajstić information content (AvgIpc) is 3.75. The molecule has 0 saturated heterocycles. The predicted molar refractivity (Wildman–Crippen MR) is 155 cm³/mol. The molecule has 1 aliphatic rings. The van der Waals surface area contributed by atoms with Crippen molar-refractivity contribution in [3.63, 3.8) is 0 Å². The third kappa shape index (κ3) is 2.29. The first-order valence-corrected chi connectivity index (χ1v) is 13.6. The van der Waals surface area contributed by atoms with E-state index < -0.39 is 0 Å². The van der Waals surface area contributed by atoms with Crippen LogP contribution in [0.2, 0.25) is 0 Å². The van der Waals surface area contributed by atoms with Gasteiger partial charge in [0.1, 0.15) is 5.52 Å². The Morgan fingerprint density at radius 1 is 0.526 bits per heavy atom. The van der Waals surface area contributed by atoms with E-state index >= 15 is 0 Å². The zero-order valence-electron chi connectivity index (χ0n) is 20.7. The van der Waals surface area contributed by atoms with Crippen molar-refractivity contribution in [1.82, 2.24) is 23.2 Å². The molecule has 1 saturated carbocycles. The van der Waals surface area contributed by atoms with Gasteiger partial charge in [0.25, 0.3) is 0 Å². The van der Waals surface area contributed by atoms with Gasteiger partial charge in [-0.3, -0.25) is 8.80 Å². The monoisotopic (exact) mass is 489 g/mol. The molecular formula is C33H23N5. The number of hydrogen-bond donors (Lipinski definition) is 0. The van der Waals surface area contributed by atoms with Crippen LogP contribution in [0.15, 0.2) is 84.9 Å². The highest BCUT2D eigenvalue weighted by atomic mass is 15.3. The van der Waals surface area contributed by atoms with Crippen LogP contribution in [0.5, 0.6) is 0 Å². The number of imidazole rings is 4. The van der Waals surface area contributed by atoms with Gasteiger partial charge in [-0.15, -0.1) is 0 Å². The van der Waals surface area contributed by atoms with Crippen molar-refractivity contribution in [2.75, 3.05) is 0 Å². The Morgan fingerprint density at radius 3 is 1.50 bits per heavy atom. The summed E-state index contributed by atoms with van der Waals surface area (Å²) in [6, 6.07) is 31.1. The molecule has 0 spiro atoms. The van der Waals surface area contributed by atoms with Gasteiger partial charge in [-0.25, -0.2) is 14.4 Å². The molecule has 5 heteroatoms. The van der Waals surface area contributed by atoms with Crippen LogP contribution < -0.4 is 0 Å². The highest BCUT2D eigenvalue weighted by molar-refractivity contribution is 6.07. The molecule has 1 fully saturated rings. The molecule has 4 heterocycles. The van der Waals surface area contributed by atoms with E-state index in [1.807, 2.05) is 0 Å². The molecule has 180 valence electrons. The van der Waals surface area contributed by atoms with Crippen LogP contribution in [0.25, 0.3) is 71.7 Å². The second-order valence-electron chi connectivity index (χ2n) is 11.1. The van der Waals surface area contributed by atoms with Gasteiger partial charge in [0.05, 0.1) is 33.1 Å². The van der Waals surface area contributed by atoms with Crippen molar-refractivity contribution < 1.29 is 0 Å². The number of rotatable bonds is 1. The lowest BCUT2D eigenvalue weighted by molar-refractivity contribution is 0.724. The zero-order valence-corrected chi connectivity index (χ0v) is 20.7. The van der Waals surface area contributed by atoms with E-state index in [1.165, 1.54) is 69.3 Å². The van der Waals surface area contributed by atoms with Crippen molar-refractivity contribution in [3.05, 3.63) is 90.5 Å². The molecule has 0 aliphatic heterocycles. The highest BCUT2D eigenvalue weighted by Gasteiger charge is 2.27. The zero-order chi connectivity index (χ0) is 24.5. The Kier molecular flexibility index (Phi) is 3.39. The SMILES string of the molecule is c1ccc2cc3c(cc2c1)nc1n3c2cc(C3CCCC3)cc3c2n1c1nc2cc4ccccc4cc2n31. The molecule has 0 N–H and O–H groups in total. The van der Waals surface area contributed by atoms with Gasteiger partial charge >= 0.3 is 0 Å².